The lowest BCUT2D eigenvalue weighted by molar-refractivity contribution is -0.158. The SMILES string of the molecule is CCC(C)C(=O)OC1CC(C)C=C2C=CC(C)C(CCC3CC(CC(=O)NCCO)N(Cc4ccc(O)c(OC)c4)C(=O)O3)C21. The third-order valence-electron chi connectivity index (χ3n) is 9.63. The molecule has 1 saturated heterocycles. The highest BCUT2D eigenvalue weighted by atomic mass is 16.6. The number of phenols is 1. The molecule has 2 aliphatic carbocycles. The zero-order valence-electron chi connectivity index (χ0n) is 27.2. The van der Waals surface area contributed by atoms with E-state index >= 15 is 0 Å². The average molecular weight is 627 g/mol. The Morgan fingerprint density at radius 2 is 1.98 bits per heavy atom. The van der Waals surface area contributed by atoms with Crippen molar-refractivity contribution in [2.24, 2.45) is 29.6 Å². The molecule has 3 aliphatic rings. The summed E-state index contributed by atoms with van der Waals surface area (Å²) in [5.74, 6) is 0.588. The molecule has 248 valence electrons. The van der Waals surface area contributed by atoms with E-state index in [9.17, 15) is 24.6 Å². The van der Waals surface area contributed by atoms with E-state index in [-0.39, 0.29) is 79.6 Å². The van der Waals surface area contributed by atoms with Crippen LogP contribution in [0, 0.1) is 29.6 Å². The summed E-state index contributed by atoms with van der Waals surface area (Å²) in [5, 5.41) is 21.9. The molecule has 0 radical (unpaired) electrons. The van der Waals surface area contributed by atoms with Crippen molar-refractivity contribution < 1.29 is 38.8 Å². The van der Waals surface area contributed by atoms with E-state index in [1.807, 2.05) is 13.8 Å². The molecule has 4 rings (SSSR count). The van der Waals surface area contributed by atoms with Crippen LogP contribution >= 0.6 is 0 Å². The third kappa shape index (κ3) is 8.60. The second-order valence-corrected chi connectivity index (χ2v) is 13.0. The molecule has 8 atom stereocenters. The number of ether oxygens (including phenoxy) is 3. The number of fused-ring (bicyclic) bond motifs is 1. The molecule has 0 saturated carbocycles. The van der Waals surface area contributed by atoms with E-state index < -0.39 is 12.1 Å². The zero-order valence-corrected chi connectivity index (χ0v) is 27.2. The van der Waals surface area contributed by atoms with Crippen molar-refractivity contribution in [3.8, 4) is 11.5 Å². The Morgan fingerprint density at radius 3 is 2.69 bits per heavy atom. The van der Waals surface area contributed by atoms with Gasteiger partial charge in [-0.25, -0.2) is 4.79 Å². The van der Waals surface area contributed by atoms with Gasteiger partial charge in [-0.2, -0.15) is 0 Å². The number of hydrogen-bond acceptors (Lipinski definition) is 8. The van der Waals surface area contributed by atoms with Crippen LogP contribution in [0.4, 0.5) is 4.79 Å². The number of rotatable bonds is 13. The molecule has 1 aromatic carbocycles. The van der Waals surface area contributed by atoms with Gasteiger partial charge in [0.15, 0.2) is 11.5 Å². The quantitative estimate of drug-likeness (QED) is 0.257. The minimum absolute atomic E-state index is 0.00319. The van der Waals surface area contributed by atoms with E-state index in [1.54, 1.807) is 17.0 Å². The number of carbonyl (C=O) groups excluding carboxylic acids is 3. The fourth-order valence-electron chi connectivity index (χ4n) is 6.93. The Bertz CT molecular complexity index is 1260. The van der Waals surface area contributed by atoms with Crippen LogP contribution in [0.15, 0.2) is 42.0 Å². The first-order valence-electron chi connectivity index (χ1n) is 16.4. The molecule has 10 heteroatoms. The first-order chi connectivity index (χ1) is 21.5. The van der Waals surface area contributed by atoms with Gasteiger partial charge in [0.2, 0.25) is 5.91 Å². The topological polar surface area (TPSA) is 135 Å². The van der Waals surface area contributed by atoms with Crippen LogP contribution in [0.2, 0.25) is 0 Å². The summed E-state index contributed by atoms with van der Waals surface area (Å²) in [5.41, 5.74) is 1.95. The van der Waals surface area contributed by atoms with Crippen molar-refractivity contribution in [2.75, 3.05) is 20.3 Å². The Hall–Kier alpha value is -3.53. The van der Waals surface area contributed by atoms with Crippen molar-refractivity contribution in [1.82, 2.24) is 10.2 Å². The second-order valence-electron chi connectivity index (χ2n) is 13.0. The molecule has 10 nitrogen and oxygen atoms in total. The zero-order chi connectivity index (χ0) is 32.7. The third-order valence-corrected chi connectivity index (χ3v) is 9.63. The van der Waals surface area contributed by atoms with Gasteiger partial charge in [0.1, 0.15) is 12.2 Å². The Morgan fingerprint density at radius 1 is 1.20 bits per heavy atom. The van der Waals surface area contributed by atoms with Crippen LogP contribution in [-0.4, -0.2) is 71.6 Å². The number of methoxy groups -OCH3 is 1. The molecule has 45 heavy (non-hydrogen) atoms. The van der Waals surface area contributed by atoms with E-state index in [0.717, 1.165) is 24.8 Å². The largest absolute Gasteiger partial charge is 0.504 e. The normalized spacial score (nSPS) is 28.4. The fraction of sp³-hybridized carbons (Fsp3) is 0.629. The molecule has 0 aromatic heterocycles. The highest BCUT2D eigenvalue weighted by molar-refractivity contribution is 5.78. The Kier molecular flexibility index (Phi) is 11.9. The minimum Gasteiger partial charge on any atom is -0.504 e. The van der Waals surface area contributed by atoms with Gasteiger partial charge in [-0.05, 0) is 66.7 Å². The molecule has 1 aliphatic heterocycles. The lowest BCUT2D eigenvalue weighted by Crippen LogP contribution is -2.50. The number of phenolic OH excluding ortho intramolecular Hbond substituents is 1. The molecule has 0 spiro atoms. The average Bonchev–Trinajstić information content (AvgIpc) is 3.01. The minimum atomic E-state index is -0.498. The molecule has 8 unspecified atom stereocenters. The molecule has 2 amide bonds. The van der Waals surface area contributed by atoms with Gasteiger partial charge < -0.3 is 34.6 Å². The number of aliphatic hydroxyl groups excluding tert-OH is 1. The molecule has 0 bridgehead atoms. The summed E-state index contributed by atoms with van der Waals surface area (Å²) in [6.07, 6.45) is 9.09. The number of nitrogens with one attached hydrogen (secondary N) is 1. The number of aromatic hydroxyl groups is 1. The molecule has 1 aromatic rings. The van der Waals surface area contributed by atoms with Crippen molar-refractivity contribution >= 4 is 18.0 Å². The number of cyclic esters (lactones) is 1. The van der Waals surface area contributed by atoms with Crippen LogP contribution < -0.4 is 10.1 Å². The van der Waals surface area contributed by atoms with E-state index in [1.165, 1.54) is 18.7 Å². The highest BCUT2D eigenvalue weighted by Crippen LogP contribution is 2.45. The molecular weight excluding hydrogens is 576 g/mol. The summed E-state index contributed by atoms with van der Waals surface area (Å²) in [6, 6.07) is 4.46. The standard InChI is InChI=1S/C35H50N2O8/c1-6-22(3)34(41)45-31-16-21(2)15-25-9-7-23(4)28(33(25)31)11-10-27-18-26(19-32(40)36-13-14-38)37(35(42)44-27)20-24-8-12-29(39)30(17-24)43-5/h7-9,12,15,17,21-23,26-28,31,33,38-39H,6,10-11,13-14,16,18-20H2,1-5H3,(H,36,40). The number of aliphatic hydroxyl groups is 1. The number of allylic oxidation sites excluding steroid dienone is 3. The maximum absolute atomic E-state index is 13.5. The first kappa shape index (κ1) is 34.3. The summed E-state index contributed by atoms with van der Waals surface area (Å²) in [7, 11) is 1.46. The van der Waals surface area contributed by atoms with Crippen molar-refractivity contribution in [3.05, 3.63) is 47.6 Å². The summed E-state index contributed by atoms with van der Waals surface area (Å²) in [6.45, 7) is 8.40. The van der Waals surface area contributed by atoms with Crippen LogP contribution in [0.5, 0.6) is 11.5 Å². The van der Waals surface area contributed by atoms with Crippen molar-refractivity contribution in [3.63, 3.8) is 0 Å². The molecule has 1 heterocycles. The first-order valence-corrected chi connectivity index (χ1v) is 16.4. The van der Waals surface area contributed by atoms with Gasteiger partial charge in [-0.15, -0.1) is 0 Å². The molecule has 3 N–H and O–H groups in total. The number of nitrogens with zero attached hydrogens (tertiary/aromatic N) is 1. The van der Waals surface area contributed by atoms with Crippen molar-refractivity contribution in [2.45, 2.75) is 91.0 Å². The number of carbonyl (C=O) groups is 3. The summed E-state index contributed by atoms with van der Waals surface area (Å²) < 4.78 is 17.4. The summed E-state index contributed by atoms with van der Waals surface area (Å²) in [4.78, 5) is 40.6. The maximum Gasteiger partial charge on any atom is 0.410 e. The smallest absolute Gasteiger partial charge is 0.410 e. The van der Waals surface area contributed by atoms with Gasteiger partial charge in [0.05, 0.1) is 19.6 Å². The van der Waals surface area contributed by atoms with E-state index in [0.29, 0.717) is 24.5 Å². The highest BCUT2D eigenvalue weighted by Gasteiger charge is 2.43. The maximum atomic E-state index is 13.5. The summed E-state index contributed by atoms with van der Waals surface area (Å²) >= 11 is 0. The van der Waals surface area contributed by atoms with Crippen LogP contribution in [0.1, 0.15) is 71.8 Å². The number of hydrogen-bond donors (Lipinski definition) is 3. The lowest BCUT2D eigenvalue weighted by Gasteiger charge is -2.44. The van der Waals surface area contributed by atoms with E-state index in [2.05, 4.69) is 37.4 Å². The lowest BCUT2D eigenvalue weighted by atomic mass is 9.65. The van der Waals surface area contributed by atoms with Crippen LogP contribution in [0.3, 0.4) is 0 Å². The predicted molar refractivity (Wildman–Crippen MR) is 169 cm³/mol. The number of esters is 1. The van der Waals surface area contributed by atoms with Gasteiger partial charge >= 0.3 is 12.1 Å². The van der Waals surface area contributed by atoms with Gasteiger partial charge in [0, 0.05) is 37.9 Å². The van der Waals surface area contributed by atoms with E-state index in [4.69, 9.17) is 14.2 Å². The van der Waals surface area contributed by atoms with Crippen LogP contribution in [0.25, 0.3) is 0 Å². The molecule has 1 fully saturated rings. The van der Waals surface area contributed by atoms with Gasteiger partial charge in [0.25, 0.3) is 0 Å². The van der Waals surface area contributed by atoms with Gasteiger partial charge in [-0.1, -0.05) is 52.0 Å². The van der Waals surface area contributed by atoms with Crippen molar-refractivity contribution in [1.29, 1.82) is 0 Å². The van der Waals surface area contributed by atoms with Crippen LogP contribution in [-0.2, 0) is 25.6 Å². The Balaban J connectivity index is 1.50. The van der Waals surface area contributed by atoms with Gasteiger partial charge in [-0.3, -0.25) is 9.59 Å². The fourth-order valence-corrected chi connectivity index (χ4v) is 6.93. The Labute approximate surface area is 266 Å². The number of amides is 2. The monoisotopic (exact) mass is 626 g/mol. The number of benzene rings is 1. The predicted octanol–water partition coefficient (Wildman–Crippen LogP) is 5.12. The molecular formula is C35H50N2O8. The second kappa shape index (κ2) is 15.7.